The summed E-state index contributed by atoms with van der Waals surface area (Å²) in [6, 6.07) is 10.9. The minimum Gasteiger partial charge on any atom is -0.375 e. The van der Waals surface area contributed by atoms with Gasteiger partial charge in [0, 0.05) is 0 Å². The Labute approximate surface area is 121 Å². The number of nitrogens with one attached hydrogen (secondary N) is 1. The molecular formula is C14H11ClFNO2S. The van der Waals surface area contributed by atoms with Crippen LogP contribution in [0.3, 0.4) is 0 Å². The predicted molar refractivity (Wildman–Crippen MR) is 76.3 cm³/mol. The first kappa shape index (κ1) is 13.4. The van der Waals surface area contributed by atoms with Gasteiger partial charge in [0.1, 0.15) is 0 Å². The quantitative estimate of drug-likeness (QED) is 0.924. The Morgan fingerprint density at radius 3 is 2.70 bits per heavy atom. The van der Waals surface area contributed by atoms with Gasteiger partial charge in [-0.25, -0.2) is 12.8 Å². The summed E-state index contributed by atoms with van der Waals surface area (Å²) in [5.41, 5.74) is 0.862. The van der Waals surface area contributed by atoms with Crippen molar-refractivity contribution in [3.05, 3.63) is 58.9 Å². The average molecular weight is 312 g/mol. The monoisotopic (exact) mass is 311 g/mol. The van der Waals surface area contributed by atoms with Gasteiger partial charge in [-0.15, -0.1) is 0 Å². The molecule has 3 nitrogen and oxygen atoms in total. The number of hydrogen-bond acceptors (Lipinski definition) is 3. The fourth-order valence-electron chi connectivity index (χ4n) is 2.37. The molecule has 0 aliphatic carbocycles. The highest BCUT2D eigenvalue weighted by Crippen LogP contribution is 2.36. The zero-order valence-electron chi connectivity index (χ0n) is 10.3. The van der Waals surface area contributed by atoms with Crippen LogP contribution in [0.15, 0.2) is 47.4 Å². The fourth-order valence-corrected chi connectivity index (χ4v) is 4.28. The Kier molecular flexibility index (Phi) is 3.18. The van der Waals surface area contributed by atoms with Gasteiger partial charge in [-0.3, -0.25) is 0 Å². The highest BCUT2D eigenvalue weighted by Gasteiger charge is 2.34. The van der Waals surface area contributed by atoms with Gasteiger partial charge >= 0.3 is 0 Å². The number of fused-ring (bicyclic) bond motifs is 1. The summed E-state index contributed by atoms with van der Waals surface area (Å²) in [6.45, 7) is 0. The Morgan fingerprint density at radius 1 is 1.15 bits per heavy atom. The first-order valence-corrected chi connectivity index (χ1v) is 8.04. The summed E-state index contributed by atoms with van der Waals surface area (Å²) in [6.07, 6.45) is 0. The van der Waals surface area contributed by atoms with Gasteiger partial charge < -0.3 is 5.32 Å². The molecule has 1 unspecified atom stereocenters. The van der Waals surface area contributed by atoms with Crippen molar-refractivity contribution in [2.45, 2.75) is 10.9 Å². The molecule has 0 bridgehead atoms. The Morgan fingerprint density at radius 2 is 1.90 bits per heavy atom. The number of anilines is 1. The van der Waals surface area contributed by atoms with Crippen LogP contribution in [0.1, 0.15) is 11.6 Å². The lowest BCUT2D eigenvalue weighted by Crippen LogP contribution is -2.13. The Balaban J connectivity index is 2.00. The van der Waals surface area contributed by atoms with E-state index in [1.807, 2.05) is 0 Å². The van der Waals surface area contributed by atoms with Gasteiger partial charge in [0.2, 0.25) is 0 Å². The molecule has 0 saturated heterocycles. The van der Waals surface area contributed by atoms with Gasteiger partial charge in [0.15, 0.2) is 15.7 Å². The maximum Gasteiger partial charge on any atom is 0.181 e. The van der Waals surface area contributed by atoms with E-state index in [0.717, 1.165) is 0 Å². The van der Waals surface area contributed by atoms with E-state index in [1.54, 1.807) is 30.3 Å². The molecule has 3 rings (SSSR count). The molecule has 0 amide bonds. The average Bonchev–Trinajstić information content (AvgIpc) is 2.67. The van der Waals surface area contributed by atoms with Gasteiger partial charge in [-0.2, -0.15) is 0 Å². The van der Waals surface area contributed by atoms with E-state index >= 15 is 0 Å². The second-order valence-electron chi connectivity index (χ2n) is 4.62. The molecule has 1 heterocycles. The third-order valence-electron chi connectivity index (χ3n) is 3.30. The highest BCUT2D eigenvalue weighted by molar-refractivity contribution is 7.91. The highest BCUT2D eigenvalue weighted by atomic mass is 35.5. The van der Waals surface area contributed by atoms with Crippen LogP contribution in [0.25, 0.3) is 0 Å². The van der Waals surface area contributed by atoms with Crippen LogP contribution in [-0.4, -0.2) is 14.2 Å². The Hall–Kier alpha value is -1.59. The van der Waals surface area contributed by atoms with E-state index in [2.05, 4.69) is 5.32 Å². The molecule has 2 aromatic rings. The lowest BCUT2D eigenvalue weighted by atomic mass is 10.1. The van der Waals surface area contributed by atoms with Crippen LogP contribution in [0.2, 0.25) is 5.02 Å². The molecule has 0 radical (unpaired) electrons. The zero-order chi connectivity index (χ0) is 14.3. The smallest absolute Gasteiger partial charge is 0.181 e. The lowest BCUT2D eigenvalue weighted by Gasteiger charge is -2.15. The van der Waals surface area contributed by atoms with Crippen LogP contribution >= 0.6 is 11.6 Å². The first-order valence-electron chi connectivity index (χ1n) is 6.01. The van der Waals surface area contributed by atoms with Crippen molar-refractivity contribution in [1.82, 2.24) is 0 Å². The number of sulfone groups is 1. The van der Waals surface area contributed by atoms with Crippen molar-refractivity contribution in [2.75, 3.05) is 11.1 Å². The maximum absolute atomic E-state index is 13.9. The summed E-state index contributed by atoms with van der Waals surface area (Å²) in [7, 11) is -3.32. The third kappa shape index (κ3) is 2.17. The SMILES string of the molecule is O=S1(=O)CC(Nc2cccc(Cl)c2F)c2ccccc21. The van der Waals surface area contributed by atoms with Crippen molar-refractivity contribution in [2.24, 2.45) is 0 Å². The van der Waals surface area contributed by atoms with Crippen LogP contribution < -0.4 is 5.32 Å². The number of hydrogen-bond donors (Lipinski definition) is 1. The van der Waals surface area contributed by atoms with Gasteiger partial charge in [0.05, 0.1) is 27.4 Å². The molecule has 1 atom stereocenters. The molecule has 20 heavy (non-hydrogen) atoms. The fraction of sp³-hybridized carbons (Fsp3) is 0.143. The minimum atomic E-state index is -3.32. The third-order valence-corrected chi connectivity index (χ3v) is 5.40. The molecule has 1 N–H and O–H groups in total. The molecule has 0 saturated carbocycles. The van der Waals surface area contributed by atoms with Crippen LogP contribution in [-0.2, 0) is 9.84 Å². The van der Waals surface area contributed by atoms with E-state index in [4.69, 9.17) is 11.6 Å². The second kappa shape index (κ2) is 4.75. The zero-order valence-corrected chi connectivity index (χ0v) is 11.9. The summed E-state index contributed by atoms with van der Waals surface area (Å²) < 4.78 is 38.0. The van der Waals surface area contributed by atoms with E-state index in [0.29, 0.717) is 10.5 Å². The summed E-state index contributed by atoms with van der Waals surface area (Å²) in [5, 5.41) is 2.93. The molecule has 0 fully saturated rings. The molecule has 104 valence electrons. The van der Waals surface area contributed by atoms with E-state index in [-0.39, 0.29) is 16.5 Å². The molecule has 6 heteroatoms. The molecule has 2 aromatic carbocycles. The number of benzene rings is 2. The van der Waals surface area contributed by atoms with Crippen LogP contribution in [0.4, 0.5) is 10.1 Å². The van der Waals surface area contributed by atoms with Crippen molar-refractivity contribution in [3.63, 3.8) is 0 Å². The van der Waals surface area contributed by atoms with Crippen molar-refractivity contribution in [1.29, 1.82) is 0 Å². The normalized spacial score (nSPS) is 19.6. The van der Waals surface area contributed by atoms with E-state index in [1.165, 1.54) is 12.1 Å². The van der Waals surface area contributed by atoms with Crippen LogP contribution in [0, 0.1) is 5.82 Å². The molecular weight excluding hydrogens is 301 g/mol. The largest absolute Gasteiger partial charge is 0.375 e. The van der Waals surface area contributed by atoms with Crippen molar-refractivity contribution >= 4 is 27.1 Å². The van der Waals surface area contributed by atoms with Crippen molar-refractivity contribution < 1.29 is 12.8 Å². The van der Waals surface area contributed by atoms with Gasteiger partial charge in [-0.05, 0) is 23.8 Å². The summed E-state index contributed by atoms with van der Waals surface area (Å²) in [4.78, 5) is 0.305. The number of halogens is 2. The maximum atomic E-state index is 13.9. The molecule has 1 aliphatic heterocycles. The lowest BCUT2D eigenvalue weighted by molar-refractivity contribution is 0.598. The van der Waals surface area contributed by atoms with E-state index in [9.17, 15) is 12.8 Å². The van der Waals surface area contributed by atoms with Gasteiger partial charge in [0.25, 0.3) is 0 Å². The van der Waals surface area contributed by atoms with Crippen LogP contribution in [0.5, 0.6) is 0 Å². The molecule has 1 aliphatic rings. The van der Waals surface area contributed by atoms with Crippen molar-refractivity contribution in [3.8, 4) is 0 Å². The molecule has 0 aromatic heterocycles. The summed E-state index contributed by atoms with van der Waals surface area (Å²) >= 11 is 5.72. The second-order valence-corrected chi connectivity index (χ2v) is 7.03. The molecule has 0 spiro atoms. The first-order chi connectivity index (χ1) is 9.49. The minimum absolute atomic E-state index is 0.00383. The predicted octanol–water partition coefficient (Wildman–Crippen LogP) is 3.42. The van der Waals surface area contributed by atoms with E-state index < -0.39 is 21.7 Å². The number of rotatable bonds is 2. The topological polar surface area (TPSA) is 46.2 Å². The van der Waals surface area contributed by atoms with Gasteiger partial charge in [-0.1, -0.05) is 35.9 Å². The Bertz CT molecular complexity index is 776. The summed E-state index contributed by atoms with van der Waals surface area (Å²) in [5.74, 6) is -0.658. The standard InChI is InChI=1S/C14H11ClFNO2S/c15-10-5-3-6-11(14(10)16)17-12-8-20(18,19)13-7-2-1-4-9(12)13/h1-7,12,17H,8H2.